The molecule has 4 nitrogen and oxygen atoms in total. The van der Waals surface area contributed by atoms with Gasteiger partial charge < -0.3 is 9.84 Å². The fourth-order valence-corrected chi connectivity index (χ4v) is 1.80. The van der Waals surface area contributed by atoms with E-state index in [1.807, 2.05) is 0 Å². The van der Waals surface area contributed by atoms with E-state index < -0.39 is 5.97 Å². The predicted molar refractivity (Wildman–Crippen MR) is 64.6 cm³/mol. The van der Waals surface area contributed by atoms with E-state index in [1.165, 1.54) is 0 Å². The van der Waals surface area contributed by atoms with Crippen molar-refractivity contribution in [3.63, 3.8) is 0 Å². The minimum Gasteiger partial charge on any atom is -0.497 e. The van der Waals surface area contributed by atoms with Gasteiger partial charge in [-0.15, -0.1) is 0 Å². The molecule has 1 aromatic carbocycles. The number of hydrogen-bond acceptors (Lipinski definition) is 3. The number of halogens is 1. The molecule has 5 heteroatoms. The van der Waals surface area contributed by atoms with Crippen molar-refractivity contribution in [1.29, 1.82) is 0 Å². The van der Waals surface area contributed by atoms with Crippen LogP contribution in [0.1, 0.15) is 5.56 Å². The van der Waals surface area contributed by atoms with Crippen LogP contribution in [0.15, 0.2) is 24.3 Å². The highest BCUT2D eigenvalue weighted by molar-refractivity contribution is 6.30. The van der Waals surface area contributed by atoms with E-state index in [4.69, 9.17) is 21.4 Å². The molecule has 0 spiro atoms. The Hall–Kier alpha value is -1.81. The van der Waals surface area contributed by atoms with Gasteiger partial charge in [-0.05, 0) is 24.3 Å². The van der Waals surface area contributed by atoms with Crippen LogP contribution in [-0.4, -0.2) is 23.2 Å². The molecule has 2 rings (SSSR count). The third-order valence-electron chi connectivity index (χ3n) is 2.39. The lowest BCUT2D eigenvalue weighted by atomic mass is 10.1. The maximum atomic E-state index is 10.7. The number of ether oxygens (including phenoxy) is 1. The van der Waals surface area contributed by atoms with Crippen LogP contribution in [0.5, 0.6) is 5.75 Å². The fraction of sp³-hybridized carbons (Fsp3) is 0.167. The summed E-state index contributed by atoms with van der Waals surface area (Å²) in [5, 5.41) is 9.79. The number of aliphatic carboxylic acids is 1. The first kappa shape index (κ1) is 11.7. The number of nitrogens with zero attached hydrogens (tertiary/aromatic N) is 1. The van der Waals surface area contributed by atoms with Crippen molar-refractivity contribution in [1.82, 2.24) is 4.98 Å². The molecule has 1 aromatic heterocycles. The molecule has 0 bridgehead atoms. The van der Waals surface area contributed by atoms with E-state index in [1.54, 1.807) is 31.4 Å². The standard InChI is InChI=1S/C12H10ClNO3/c1-17-9-2-3-10-7(5-9)4-8(6-11(15)16)12(13)14-10/h2-5H,6H2,1H3,(H,15,16). The van der Waals surface area contributed by atoms with Gasteiger partial charge in [0.2, 0.25) is 0 Å². The zero-order valence-electron chi connectivity index (χ0n) is 9.11. The maximum Gasteiger partial charge on any atom is 0.307 e. The lowest BCUT2D eigenvalue weighted by molar-refractivity contribution is -0.136. The Morgan fingerprint density at radius 2 is 2.24 bits per heavy atom. The summed E-state index contributed by atoms with van der Waals surface area (Å²) >= 11 is 5.92. The lowest BCUT2D eigenvalue weighted by Gasteiger charge is -2.05. The average Bonchev–Trinajstić information content (AvgIpc) is 2.29. The highest BCUT2D eigenvalue weighted by atomic mass is 35.5. The molecule has 0 saturated heterocycles. The molecule has 17 heavy (non-hydrogen) atoms. The molecule has 0 radical (unpaired) electrons. The summed E-state index contributed by atoms with van der Waals surface area (Å²) in [5.41, 5.74) is 1.21. The SMILES string of the molecule is COc1ccc2nc(Cl)c(CC(=O)O)cc2c1. The Balaban J connectivity index is 2.55. The number of carboxylic acid groups (broad SMARTS) is 1. The molecular formula is C12H10ClNO3. The van der Waals surface area contributed by atoms with Gasteiger partial charge in [0.05, 0.1) is 19.0 Å². The normalized spacial score (nSPS) is 10.5. The maximum absolute atomic E-state index is 10.7. The highest BCUT2D eigenvalue weighted by Crippen LogP contribution is 2.24. The zero-order chi connectivity index (χ0) is 12.4. The topological polar surface area (TPSA) is 59.4 Å². The molecule has 0 unspecified atom stereocenters. The average molecular weight is 252 g/mol. The van der Waals surface area contributed by atoms with Crippen LogP contribution in [0, 0.1) is 0 Å². The van der Waals surface area contributed by atoms with E-state index in [0.29, 0.717) is 16.8 Å². The molecule has 1 heterocycles. The van der Waals surface area contributed by atoms with Gasteiger partial charge in [-0.3, -0.25) is 4.79 Å². The lowest BCUT2D eigenvalue weighted by Crippen LogP contribution is -2.01. The van der Waals surface area contributed by atoms with Crippen molar-refractivity contribution in [3.05, 3.63) is 35.0 Å². The Morgan fingerprint density at radius 1 is 1.47 bits per heavy atom. The molecular weight excluding hydrogens is 242 g/mol. The van der Waals surface area contributed by atoms with E-state index in [2.05, 4.69) is 4.98 Å². The van der Waals surface area contributed by atoms with Gasteiger partial charge in [0.25, 0.3) is 0 Å². The summed E-state index contributed by atoms with van der Waals surface area (Å²) in [5.74, 6) is -0.237. The number of fused-ring (bicyclic) bond motifs is 1. The number of rotatable bonds is 3. The summed E-state index contributed by atoms with van der Waals surface area (Å²) in [6.45, 7) is 0. The van der Waals surface area contributed by atoms with Crippen LogP contribution in [0.4, 0.5) is 0 Å². The number of benzene rings is 1. The largest absolute Gasteiger partial charge is 0.497 e. The molecule has 1 N–H and O–H groups in total. The molecule has 0 amide bonds. The Labute approximate surface area is 103 Å². The van der Waals surface area contributed by atoms with E-state index in [-0.39, 0.29) is 11.6 Å². The summed E-state index contributed by atoms with van der Waals surface area (Å²) in [7, 11) is 1.57. The van der Waals surface area contributed by atoms with Crippen LogP contribution in [0.3, 0.4) is 0 Å². The van der Waals surface area contributed by atoms with Crippen molar-refractivity contribution in [2.45, 2.75) is 6.42 Å². The molecule has 0 aliphatic carbocycles. The fourth-order valence-electron chi connectivity index (χ4n) is 1.59. The zero-order valence-corrected chi connectivity index (χ0v) is 9.86. The molecule has 0 atom stereocenters. The summed E-state index contributed by atoms with van der Waals surface area (Å²) in [6, 6.07) is 7.08. The third kappa shape index (κ3) is 2.47. The first-order valence-corrected chi connectivity index (χ1v) is 5.33. The van der Waals surface area contributed by atoms with Crippen LogP contribution < -0.4 is 4.74 Å². The van der Waals surface area contributed by atoms with Crippen molar-refractivity contribution in [2.24, 2.45) is 0 Å². The minimum absolute atomic E-state index is 0.140. The van der Waals surface area contributed by atoms with Crippen molar-refractivity contribution >= 4 is 28.5 Å². The number of hydrogen-bond donors (Lipinski definition) is 1. The number of aromatic nitrogens is 1. The van der Waals surface area contributed by atoms with Gasteiger partial charge in [0, 0.05) is 10.9 Å². The molecule has 0 aliphatic heterocycles. The number of methoxy groups -OCH3 is 1. The van der Waals surface area contributed by atoms with Gasteiger partial charge >= 0.3 is 5.97 Å². The highest BCUT2D eigenvalue weighted by Gasteiger charge is 2.09. The van der Waals surface area contributed by atoms with Crippen molar-refractivity contribution < 1.29 is 14.6 Å². The molecule has 2 aromatic rings. The monoisotopic (exact) mass is 251 g/mol. The number of carboxylic acids is 1. The van der Waals surface area contributed by atoms with Crippen molar-refractivity contribution in [3.8, 4) is 5.75 Å². The summed E-state index contributed by atoms with van der Waals surface area (Å²) < 4.78 is 5.10. The Kier molecular flexibility index (Phi) is 3.15. The van der Waals surface area contributed by atoms with Gasteiger partial charge in [-0.2, -0.15) is 0 Å². The van der Waals surface area contributed by atoms with E-state index in [9.17, 15) is 4.79 Å². The quantitative estimate of drug-likeness (QED) is 0.852. The first-order chi connectivity index (χ1) is 8.10. The van der Waals surface area contributed by atoms with Crippen LogP contribution in [-0.2, 0) is 11.2 Å². The van der Waals surface area contributed by atoms with E-state index >= 15 is 0 Å². The molecule has 0 saturated carbocycles. The number of carbonyl (C=O) groups is 1. The van der Waals surface area contributed by atoms with Crippen LogP contribution in [0.2, 0.25) is 5.15 Å². The second-order valence-electron chi connectivity index (χ2n) is 3.57. The predicted octanol–water partition coefficient (Wildman–Crippen LogP) is 2.52. The second kappa shape index (κ2) is 4.59. The van der Waals surface area contributed by atoms with Crippen LogP contribution in [0.25, 0.3) is 10.9 Å². The van der Waals surface area contributed by atoms with Gasteiger partial charge in [0.1, 0.15) is 10.9 Å². The molecule has 88 valence electrons. The van der Waals surface area contributed by atoms with Gasteiger partial charge in [-0.25, -0.2) is 4.98 Å². The second-order valence-corrected chi connectivity index (χ2v) is 3.93. The van der Waals surface area contributed by atoms with Crippen LogP contribution >= 0.6 is 11.6 Å². The van der Waals surface area contributed by atoms with Crippen molar-refractivity contribution in [2.75, 3.05) is 7.11 Å². The first-order valence-electron chi connectivity index (χ1n) is 4.95. The summed E-state index contributed by atoms with van der Waals surface area (Å²) in [6.07, 6.45) is -0.140. The molecule has 0 fully saturated rings. The van der Waals surface area contributed by atoms with E-state index in [0.717, 1.165) is 5.39 Å². The minimum atomic E-state index is -0.934. The van der Waals surface area contributed by atoms with Gasteiger partial charge in [0.15, 0.2) is 0 Å². The third-order valence-corrected chi connectivity index (χ3v) is 2.72. The number of pyridine rings is 1. The van der Waals surface area contributed by atoms with Gasteiger partial charge in [-0.1, -0.05) is 11.6 Å². The molecule has 0 aliphatic rings. The smallest absolute Gasteiger partial charge is 0.307 e. The Bertz CT molecular complexity index is 583. The summed E-state index contributed by atoms with van der Waals surface area (Å²) in [4.78, 5) is 14.8. The Morgan fingerprint density at radius 3 is 2.88 bits per heavy atom.